The molecule has 8 heteroatoms. The molecule has 0 radical (unpaired) electrons. The summed E-state index contributed by atoms with van der Waals surface area (Å²) >= 11 is 8.21. The second-order valence-electron chi connectivity index (χ2n) is 9.00. The van der Waals surface area contributed by atoms with Gasteiger partial charge in [-0.15, -0.1) is 11.3 Å². The fourth-order valence-electron chi connectivity index (χ4n) is 4.86. The number of aromatic nitrogens is 2. The summed E-state index contributed by atoms with van der Waals surface area (Å²) in [5.41, 5.74) is 8.59. The van der Waals surface area contributed by atoms with Crippen LogP contribution in [0.5, 0.6) is 0 Å². The number of nitrogens with zero attached hydrogens (tertiary/aromatic N) is 3. The van der Waals surface area contributed by atoms with Crippen molar-refractivity contribution in [1.29, 1.82) is 0 Å². The number of halogens is 1. The number of hydrogen-bond donors (Lipinski definition) is 2. The van der Waals surface area contributed by atoms with Crippen molar-refractivity contribution in [3.8, 4) is 11.1 Å². The predicted octanol–water partition coefficient (Wildman–Crippen LogP) is 5.77. The summed E-state index contributed by atoms with van der Waals surface area (Å²) in [6.07, 6.45) is 7.47. The van der Waals surface area contributed by atoms with Crippen LogP contribution in [0.15, 0.2) is 60.9 Å². The lowest BCUT2D eigenvalue weighted by Crippen LogP contribution is -2.44. The highest BCUT2D eigenvalue weighted by molar-refractivity contribution is 7.21. The van der Waals surface area contributed by atoms with Crippen molar-refractivity contribution in [2.75, 3.05) is 12.8 Å². The molecule has 180 valence electrons. The van der Waals surface area contributed by atoms with Crippen molar-refractivity contribution in [1.82, 2.24) is 20.2 Å². The van der Waals surface area contributed by atoms with Crippen molar-refractivity contribution in [3.05, 3.63) is 76.4 Å². The van der Waals surface area contributed by atoms with Crippen LogP contribution in [-0.2, 0) is 6.54 Å². The summed E-state index contributed by atoms with van der Waals surface area (Å²) in [7, 11) is 2.01. The number of thiophene rings is 1. The number of amides is 1. The number of rotatable bonds is 6. The van der Waals surface area contributed by atoms with Gasteiger partial charge in [0.2, 0.25) is 5.95 Å². The summed E-state index contributed by atoms with van der Waals surface area (Å²) in [5, 5.41) is 4.88. The number of hydrogen-bond acceptors (Lipinski definition) is 6. The molecule has 0 aliphatic heterocycles. The molecule has 1 amide bonds. The fourth-order valence-corrected chi connectivity index (χ4v) is 6.33. The molecule has 3 N–H and O–H groups in total. The van der Waals surface area contributed by atoms with E-state index in [0.717, 1.165) is 52.5 Å². The van der Waals surface area contributed by atoms with E-state index >= 15 is 0 Å². The summed E-state index contributed by atoms with van der Waals surface area (Å²) in [6.45, 7) is 0.516. The average Bonchev–Trinajstić information content (AvgIpc) is 3.24. The number of fused-ring (bicyclic) bond motifs is 1. The van der Waals surface area contributed by atoms with Gasteiger partial charge in [-0.1, -0.05) is 48.0 Å². The van der Waals surface area contributed by atoms with E-state index in [4.69, 9.17) is 17.3 Å². The Morgan fingerprint density at radius 2 is 1.83 bits per heavy atom. The number of benzene rings is 2. The Kier molecular flexibility index (Phi) is 7.00. The molecule has 5 rings (SSSR count). The number of anilines is 1. The first-order valence-electron chi connectivity index (χ1n) is 11.9. The van der Waals surface area contributed by atoms with Crippen LogP contribution < -0.4 is 11.1 Å². The first-order chi connectivity index (χ1) is 17.0. The van der Waals surface area contributed by atoms with Crippen molar-refractivity contribution >= 4 is 44.9 Å². The van der Waals surface area contributed by atoms with Crippen molar-refractivity contribution in [3.63, 3.8) is 0 Å². The number of carbonyl (C=O) groups is 1. The lowest BCUT2D eigenvalue weighted by molar-refractivity contribution is 0.0606. The standard InChI is InChI=1S/C27H28ClN5OS/c1-30-20-9-11-21(12-10-20)33(26(34)25-24(28)22-7-2-3-8-23(22)35-25)16-17-5-4-6-18(13-17)19-14-31-27(29)32-15-19/h2-8,13-15,20-21,30H,9-12,16H2,1H3,(H2,29,31,32)/t20-,21-. The van der Waals surface area contributed by atoms with Gasteiger partial charge in [-0.05, 0) is 56.0 Å². The lowest BCUT2D eigenvalue weighted by Gasteiger charge is -2.37. The largest absolute Gasteiger partial charge is 0.368 e. The molecule has 1 aliphatic carbocycles. The highest BCUT2D eigenvalue weighted by atomic mass is 35.5. The fraction of sp³-hybridized carbons (Fsp3) is 0.296. The minimum Gasteiger partial charge on any atom is -0.368 e. The van der Waals surface area contributed by atoms with E-state index in [1.54, 1.807) is 12.4 Å². The van der Waals surface area contributed by atoms with Gasteiger partial charge in [-0.3, -0.25) is 4.79 Å². The quantitative estimate of drug-likeness (QED) is 0.347. The number of nitrogens with one attached hydrogen (secondary N) is 1. The van der Waals surface area contributed by atoms with Crippen LogP contribution in [0.3, 0.4) is 0 Å². The first kappa shape index (κ1) is 23.7. The van der Waals surface area contributed by atoms with E-state index in [1.807, 2.05) is 48.3 Å². The van der Waals surface area contributed by atoms with Gasteiger partial charge in [0.1, 0.15) is 4.88 Å². The second-order valence-corrected chi connectivity index (χ2v) is 10.4. The molecule has 0 saturated heterocycles. The van der Waals surface area contributed by atoms with Crippen LogP contribution in [0, 0.1) is 0 Å². The van der Waals surface area contributed by atoms with Crippen molar-refractivity contribution in [2.45, 2.75) is 44.3 Å². The maximum Gasteiger partial charge on any atom is 0.266 e. The van der Waals surface area contributed by atoms with Gasteiger partial charge in [0, 0.05) is 46.7 Å². The van der Waals surface area contributed by atoms with Crippen LogP contribution in [0.4, 0.5) is 5.95 Å². The number of nitrogens with two attached hydrogens (primary N) is 1. The zero-order chi connectivity index (χ0) is 24.4. The number of nitrogen functional groups attached to an aromatic ring is 1. The van der Waals surface area contributed by atoms with E-state index in [-0.39, 0.29) is 17.9 Å². The Hall–Kier alpha value is -3.00. The summed E-state index contributed by atoms with van der Waals surface area (Å²) in [4.78, 5) is 24.9. The van der Waals surface area contributed by atoms with E-state index in [0.29, 0.717) is 22.5 Å². The average molecular weight is 506 g/mol. The second kappa shape index (κ2) is 10.3. The van der Waals surface area contributed by atoms with Gasteiger partial charge in [0.05, 0.1) is 5.02 Å². The molecule has 4 aromatic rings. The third-order valence-corrected chi connectivity index (χ3v) is 8.48. The predicted molar refractivity (Wildman–Crippen MR) is 144 cm³/mol. The smallest absolute Gasteiger partial charge is 0.266 e. The maximum absolute atomic E-state index is 14.0. The van der Waals surface area contributed by atoms with E-state index in [1.165, 1.54) is 11.3 Å². The molecule has 0 bridgehead atoms. The van der Waals surface area contributed by atoms with Crippen LogP contribution >= 0.6 is 22.9 Å². The Balaban J connectivity index is 1.47. The van der Waals surface area contributed by atoms with E-state index < -0.39 is 0 Å². The van der Waals surface area contributed by atoms with Gasteiger partial charge < -0.3 is 16.0 Å². The topological polar surface area (TPSA) is 84.1 Å². The normalized spacial score (nSPS) is 18.0. The Morgan fingerprint density at radius 3 is 2.54 bits per heavy atom. The van der Waals surface area contributed by atoms with Crippen LogP contribution in [-0.4, -0.2) is 39.9 Å². The monoisotopic (exact) mass is 505 g/mol. The van der Waals surface area contributed by atoms with Gasteiger partial charge >= 0.3 is 0 Å². The van der Waals surface area contributed by atoms with Gasteiger partial charge in [-0.2, -0.15) is 0 Å². The molecule has 6 nitrogen and oxygen atoms in total. The highest BCUT2D eigenvalue weighted by Gasteiger charge is 2.31. The molecule has 0 unspecified atom stereocenters. The summed E-state index contributed by atoms with van der Waals surface area (Å²) in [5.74, 6) is 0.254. The van der Waals surface area contributed by atoms with Crippen molar-refractivity contribution in [2.24, 2.45) is 0 Å². The molecule has 0 spiro atoms. The molecular formula is C27H28ClN5OS. The third-order valence-electron chi connectivity index (χ3n) is 6.82. The molecular weight excluding hydrogens is 478 g/mol. The van der Waals surface area contributed by atoms with E-state index in [9.17, 15) is 4.79 Å². The SMILES string of the molecule is CN[C@H]1CC[C@H](N(Cc2cccc(-c3cnc(N)nc3)c2)C(=O)c2sc3ccccc3c2Cl)CC1. The first-order valence-corrected chi connectivity index (χ1v) is 13.0. The maximum atomic E-state index is 14.0. The molecule has 1 fully saturated rings. The highest BCUT2D eigenvalue weighted by Crippen LogP contribution is 2.37. The molecule has 2 aromatic heterocycles. The zero-order valence-corrected chi connectivity index (χ0v) is 21.1. The molecule has 1 aliphatic rings. The Bertz CT molecular complexity index is 1330. The molecule has 2 heterocycles. The summed E-state index contributed by atoms with van der Waals surface area (Å²) in [6, 6.07) is 16.8. The minimum atomic E-state index is 0.00493. The molecule has 2 aromatic carbocycles. The molecule has 35 heavy (non-hydrogen) atoms. The van der Waals surface area contributed by atoms with Crippen LogP contribution in [0.1, 0.15) is 40.9 Å². The van der Waals surface area contributed by atoms with Gasteiger partial charge in [0.25, 0.3) is 5.91 Å². The third kappa shape index (κ3) is 5.03. The van der Waals surface area contributed by atoms with Crippen molar-refractivity contribution < 1.29 is 4.79 Å². The van der Waals surface area contributed by atoms with Gasteiger partial charge in [0.15, 0.2) is 0 Å². The molecule has 0 atom stereocenters. The lowest BCUT2D eigenvalue weighted by atomic mass is 9.89. The number of carbonyl (C=O) groups excluding carboxylic acids is 1. The summed E-state index contributed by atoms with van der Waals surface area (Å²) < 4.78 is 1.03. The Labute approximate surface area is 214 Å². The molecule has 1 saturated carbocycles. The zero-order valence-electron chi connectivity index (χ0n) is 19.6. The van der Waals surface area contributed by atoms with Gasteiger partial charge in [-0.25, -0.2) is 9.97 Å². The van der Waals surface area contributed by atoms with Crippen LogP contribution in [0.25, 0.3) is 21.2 Å². The van der Waals surface area contributed by atoms with E-state index in [2.05, 4.69) is 27.4 Å². The Morgan fingerprint density at radius 1 is 1.09 bits per heavy atom. The minimum absolute atomic E-state index is 0.00493. The van der Waals surface area contributed by atoms with Crippen LogP contribution in [0.2, 0.25) is 5.02 Å².